The number of rotatable bonds is 6. The van der Waals surface area contributed by atoms with Gasteiger partial charge >= 0.3 is 9.28 Å². The molecular formula is C15H33N3Si. The van der Waals surface area contributed by atoms with Gasteiger partial charge in [0.2, 0.25) is 0 Å². The molecule has 0 fully saturated rings. The smallest absolute Gasteiger partial charge is 0.330 e. The Hall–Kier alpha value is -0.483. The summed E-state index contributed by atoms with van der Waals surface area (Å²) >= 11 is 0. The summed E-state index contributed by atoms with van der Waals surface area (Å²) in [5, 5.41) is 0. The van der Waals surface area contributed by atoms with Crippen molar-refractivity contribution in [1.82, 2.24) is 14.1 Å². The molecule has 1 N–H and O–H groups in total. The molecule has 1 aliphatic rings. The van der Waals surface area contributed by atoms with Gasteiger partial charge in [-0.05, 0) is 46.6 Å². The van der Waals surface area contributed by atoms with Gasteiger partial charge in [-0.3, -0.25) is 0 Å². The minimum atomic E-state index is -1.35. The predicted molar refractivity (Wildman–Crippen MR) is 87.0 cm³/mol. The second-order valence-electron chi connectivity index (χ2n) is 7.14. The van der Waals surface area contributed by atoms with Gasteiger partial charge < -0.3 is 14.1 Å². The summed E-state index contributed by atoms with van der Waals surface area (Å²) in [6, 6.07) is 0.530. The summed E-state index contributed by atoms with van der Waals surface area (Å²) in [7, 11) is -1.35. The van der Waals surface area contributed by atoms with Gasteiger partial charge in [0.15, 0.2) is 0 Å². The fourth-order valence-electron chi connectivity index (χ4n) is 2.33. The Balaban J connectivity index is 3.01. The minimum absolute atomic E-state index is 0.230. The van der Waals surface area contributed by atoms with Crippen molar-refractivity contribution in [2.24, 2.45) is 0 Å². The summed E-state index contributed by atoms with van der Waals surface area (Å²) in [6.07, 6.45) is 6.96. The van der Waals surface area contributed by atoms with Gasteiger partial charge in [0.1, 0.15) is 0 Å². The molecule has 1 aliphatic heterocycles. The van der Waals surface area contributed by atoms with Crippen molar-refractivity contribution in [3.8, 4) is 0 Å². The number of hydrogen-bond donors (Lipinski definition) is 1. The molecule has 19 heavy (non-hydrogen) atoms. The Bertz CT molecular complexity index is 297. The SMILES string of the molecule is CCC(C)(C)N1C=CN(C(C)(C)CC)[SiH]1NC(C)C. The molecule has 0 saturated heterocycles. The van der Waals surface area contributed by atoms with Crippen molar-refractivity contribution in [3.63, 3.8) is 0 Å². The molecule has 3 nitrogen and oxygen atoms in total. The number of nitrogens with zero attached hydrogens (tertiary/aromatic N) is 2. The van der Waals surface area contributed by atoms with Crippen LogP contribution in [0.15, 0.2) is 12.4 Å². The molecular weight excluding hydrogens is 250 g/mol. The van der Waals surface area contributed by atoms with Crippen LogP contribution in [0.25, 0.3) is 0 Å². The standard InChI is InChI=1S/C15H33N3Si/c1-9-14(5,6)17-11-12-18(15(7,8)10-2)19(17)16-13(3)4/h11-13,16,19H,9-10H2,1-8H3. The normalized spacial score (nSPS) is 17.9. The highest BCUT2D eigenvalue weighted by Crippen LogP contribution is 2.31. The first kappa shape index (κ1) is 16.6. The van der Waals surface area contributed by atoms with Gasteiger partial charge in [0, 0.05) is 23.5 Å². The Morgan fingerprint density at radius 2 is 1.32 bits per heavy atom. The van der Waals surface area contributed by atoms with E-state index in [2.05, 4.69) is 81.9 Å². The van der Waals surface area contributed by atoms with Crippen molar-refractivity contribution in [2.75, 3.05) is 0 Å². The first-order valence-corrected chi connectivity index (χ1v) is 9.28. The quantitative estimate of drug-likeness (QED) is 0.755. The van der Waals surface area contributed by atoms with E-state index in [4.69, 9.17) is 0 Å². The molecule has 1 heterocycles. The van der Waals surface area contributed by atoms with Crippen molar-refractivity contribution >= 4 is 9.28 Å². The van der Waals surface area contributed by atoms with E-state index in [1.807, 2.05) is 0 Å². The van der Waals surface area contributed by atoms with Gasteiger partial charge in [-0.15, -0.1) is 0 Å². The monoisotopic (exact) mass is 283 g/mol. The van der Waals surface area contributed by atoms with Crippen molar-refractivity contribution in [3.05, 3.63) is 12.4 Å². The third-order valence-electron chi connectivity index (χ3n) is 4.53. The van der Waals surface area contributed by atoms with Crippen LogP contribution in [0.1, 0.15) is 68.2 Å². The molecule has 0 aromatic heterocycles. The Kier molecular flexibility index (Phi) is 5.13. The van der Waals surface area contributed by atoms with Crippen LogP contribution < -0.4 is 4.98 Å². The third kappa shape index (κ3) is 3.54. The lowest BCUT2D eigenvalue weighted by molar-refractivity contribution is 0.235. The van der Waals surface area contributed by atoms with Gasteiger partial charge in [-0.25, -0.2) is 0 Å². The maximum Gasteiger partial charge on any atom is 0.330 e. The predicted octanol–water partition coefficient (Wildman–Crippen LogP) is 3.17. The molecule has 0 atom stereocenters. The van der Waals surface area contributed by atoms with Crippen molar-refractivity contribution < 1.29 is 0 Å². The summed E-state index contributed by atoms with van der Waals surface area (Å²) in [5.41, 5.74) is 0.460. The highest BCUT2D eigenvalue weighted by Gasteiger charge is 2.42. The molecule has 0 aromatic rings. The van der Waals surface area contributed by atoms with E-state index < -0.39 is 9.28 Å². The van der Waals surface area contributed by atoms with E-state index in [0.29, 0.717) is 6.04 Å². The summed E-state index contributed by atoms with van der Waals surface area (Å²) in [5.74, 6) is 0. The summed E-state index contributed by atoms with van der Waals surface area (Å²) in [6.45, 7) is 18.5. The van der Waals surface area contributed by atoms with E-state index in [9.17, 15) is 0 Å². The van der Waals surface area contributed by atoms with Crippen LogP contribution in [-0.2, 0) is 0 Å². The van der Waals surface area contributed by atoms with E-state index in [0.717, 1.165) is 0 Å². The van der Waals surface area contributed by atoms with Crippen LogP contribution in [0, 0.1) is 0 Å². The molecule has 0 unspecified atom stereocenters. The topological polar surface area (TPSA) is 18.5 Å². The van der Waals surface area contributed by atoms with Crippen LogP contribution in [0.2, 0.25) is 0 Å². The Labute approximate surface area is 121 Å². The van der Waals surface area contributed by atoms with E-state index in [1.54, 1.807) is 0 Å². The maximum atomic E-state index is 3.85. The van der Waals surface area contributed by atoms with E-state index >= 15 is 0 Å². The second kappa shape index (κ2) is 5.88. The molecule has 0 bridgehead atoms. The van der Waals surface area contributed by atoms with Crippen molar-refractivity contribution in [2.45, 2.75) is 85.4 Å². The minimum Gasteiger partial charge on any atom is -0.371 e. The molecule has 4 heteroatoms. The zero-order valence-electron chi connectivity index (χ0n) is 14.1. The third-order valence-corrected chi connectivity index (χ3v) is 8.29. The second-order valence-corrected chi connectivity index (χ2v) is 9.33. The molecule has 0 saturated carbocycles. The maximum absolute atomic E-state index is 3.85. The average molecular weight is 284 g/mol. The van der Waals surface area contributed by atoms with Crippen LogP contribution in [-0.4, -0.2) is 35.5 Å². The molecule has 0 aliphatic carbocycles. The van der Waals surface area contributed by atoms with Crippen LogP contribution in [0.3, 0.4) is 0 Å². The van der Waals surface area contributed by atoms with Gasteiger partial charge in [0.25, 0.3) is 0 Å². The first-order valence-electron chi connectivity index (χ1n) is 7.67. The molecule has 112 valence electrons. The lowest BCUT2D eigenvalue weighted by Crippen LogP contribution is -2.65. The van der Waals surface area contributed by atoms with Crippen LogP contribution in [0.4, 0.5) is 0 Å². The Morgan fingerprint density at radius 1 is 0.947 bits per heavy atom. The fourth-order valence-corrected chi connectivity index (χ4v) is 5.69. The fraction of sp³-hybridized carbons (Fsp3) is 0.867. The van der Waals surface area contributed by atoms with Crippen molar-refractivity contribution in [1.29, 1.82) is 0 Å². The number of hydrogen-bond acceptors (Lipinski definition) is 3. The zero-order valence-corrected chi connectivity index (χ0v) is 15.3. The lowest BCUT2D eigenvalue weighted by Gasteiger charge is -2.47. The highest BCUT2D eigenvalue weighted by atomic mass is 28.3. The van der Waals surface area contributed by atoms with Crippen LogP contribution in [0.5, 0.6) is 0 Å². The Morgan fingerprint density at radius 3 is 1.58 bits per heavy atom. The highest BCUT2D eigenvalue weighted by molar-refractivity contribution is 6.52. The first-order chi connectivity index (χ1) is 8.65. The van der Waals surface area contributed by atoms with Gasteiger partial charge in [-0.2, -0.15) is 0 Å². The van der Waals surface area contributed by atoms with E-state index in [1.165, 1.54) is 12.8 Å². The lowest BCUT2D eigenvalue weighted by atomic mass is 10.0. The molecule has 0 spiro atoms. The van der Waals surface area contributed by atoms with Crippen LogP contribution >= 0.6 is 0 Å². The number of nitrogens with one attached hydrogen (secondary N) is 1. The van der Waals surface area contributed by atoms with Gasteiger partial charge in [0.05, 0.1) is 0 Å². The van der Waals surface area contributed by atoms with Gasteiger partial charge in [-0.1, -0.05) is 27.7 Å². The zero-order chi connectivity index (χ0) is 14.8. The molecule has 0 radical (unpaired) electrons. The average Bonchev–Trinajstić information content (AvgIpc) is 2.73. The van der Waals surface area contributed by atoms with E-state index in [-0.39, 0.29) is 11.1 Å². The summed E-state index contributed by atoms with van der Waals surface area (Å²) in [4.78, 5) is 3.85. The molecule has 1 rings (SSSR count). The molecule has 0 aromatic carbocycles. The molecule has 0 amide bonds. The largest absolute Gasteiger partial charge is 0.371 e. The summed E-state index contributed by atoms with van der Waals surface area (Å²) < 4.78 is 5.20.